The van der Waals surface area contributed by atoms with Crippen LogP contribution in [0.5, 0.6) is 0 Å². The van der Waals surface area contributed by atoms with Gasteiger partial charge in [0.05, 0.1) is 4.90 Å². The molecule has 1 aromatic rings. The first-order chi connectivity index (χ1) is 10.2. The third kappa shape index (κ3) is 4.98. The van der Waals surface area contributed by atoms with E-state index in [1.807, 2.05) is 26.0 Å². The van der Waals surface area contributed by atoms with Crippen LogP contribution < -0.4 is 10.5 Å². The minimum atomic E-state index is -3.50. The number of benzene rings is 1. The van der Waals surface area contributed by atoms with Crippen molar-refractivity contribution in [1.82, 2.24) is 4.72 Å². The first kappa shape index (κ1) is 19.5. The lowest BCUT2D eigenvalue weighted by molar-refractivity contribution is 0.575. The van der Waals surface area contributed by atoms with E-state index in [9.17, 15) is 8.42 Å². The second-order valence-electron chi connectivity index (χ2n) is 6.00. The SMILES string of the molecule is Cc1ccc(C(C)C)c(C)c1S(=O)(=O)NCCC(S)CCN. The van der Waals surface area contributed by atoms with Gasteiger partial charge in [-0.05, 0) is 55.8 Å². The van der Waals surface area contributed by atoms with Crippen LogP contribution in [0.25, 0.3) is 0 Å². The molecule has 1 unspecified atom stereocenters. The van der Waals surface area contributed by atoms with E-state index in [1.54, 1.807) is 0 Å². The lowest BCUT2D eigenvalue weighted by Gasteiger charge is -2.18. The van der Waals surface area contributed by atoms with Crippen LogP contribution in [-0.4, -0.2) is 26.8 Å². The zero-order chi connectivity index (χ0) is 16.9. The maximum absolute atomic E-state index is 12.6. The summed E-state index contributed by atoms with van der Waals surface area (Å²) in [6.07, 6.45) is 1.45. The molecule has 1 aromatic carbocycles. The maximum atomic E-state index is 12.6. The van der Waals surface area contributed by atoms with Gasteiger partial charge >= 0.3 is 0 Å². The molecule has 0 saturated heterocycles. The van der Waals surface area contributed by atoms with Crippen molar-refractivity contribution >= 4 is 22.7 Å². The van der Waals surface area contributed by atoms with Crippen molar-refractivity contribution in [3.05, 3.63) is 28.8 Å². The molecule has 0 saturated carbocycles. The average molecular weight is 345 g/mol. The minimum Gasteiger partial charge on any atom is -0.330 e. The lowest BCUT2D eigenvalue weighted by atomic mass is 9.96. The monoisotopic (exact) mass is 344 g/mol. The topological polar surface area (TPSA) is 72.2 Å². The molecule has 0 spiro atoms. The molecule has 6 heteroatoms. The summed E-state index contributed by atoms with van der Waals surface area (Å²) < 4.78 is 27.9. The molecule has 22 heavy (non-hydrogen) atoms. The number of hydrogen-bond acceptors (Lipinski definition) is 4. The van der Waals surface area contributed by atoms with Gasteiger partial charge in [-0.15, -0.1) is 0 Å². The molecule has 0 aliphatic heterocycles. The average Bonchev–Trinajstić information content (AvgIpc) is 2.37. The Morgan fingerprint density at radius 2 is 1.86 bits per heavy atom. The Morgan fingerprint density at radius 3 is 2.41 bits per heavy atom. The number of nitrogens with one attached hydrogen (secondary N) is 1. The molecule has 0 fully saturated rings. The molecule has 0 aliphatic carbocycles. The normalized spacial score (nSPS) is 13.6. The van der Waals surface area contributed by atoms with E-state index < -0.39 is 10.0 Å². The Kier molecular flexibility index (Phi) is 7.38. The van der Waals surface area contributed by atoms with Crippen molar-refractivity contribution in [1.29, 1.82) is 0 Å². The van der Waals surface area contributed by atoms with E-state index >= 15 is 0 Å². The van der Waals surface area contributed by atoms with E-state index in [4.69, 9.17) is 5.73 Å². The Hall–Kier alpha value is -0.560. The van der Waals surface area contributed by atoms with Crippen molar-refractivity contribution in [3.63, 3.8) is 0 Å². The molecule has 4 nitrogen and oxygen atoms in total. The van der Waals surface area contributed by atoms with E-state index in [2.05, 4.69) is 31.2 Å². The van der Waals surface area contributed by atoms with E-state index in [1.165, 1.54) is 0 Å². The quantitative estimate of drug-likeness (QED) is 0.635. The van der Waals surface area contributed by atoms with Crippen molar-refractivity contribution in [3.8, 4) is 0 Å². The molecule has 1 rings (SSSR count). The van der Waals surface area contributed by atoms with Gasteiger partial charge in [-0.3, -0.25) is 0 Å². The smallest absolute Gasteiger partial charge is 0.241 e. The molecular weight excluding hydrogens is 316 g/mol. The van der Waals surface area contributed by atoms with Gasteiger partial charge in [0.15, 0.2) is 0 Å². The standard InChI is InChI=1S/C16H28N2O2S2/c1-11(2)15-6-5-12(3)16(13(15)4)22(19,20)18-10-8-14(21)7-9-17/h5-6,11,14,18,21H,7-10,17H2,1-4H3. The van der Waals surface area contributed by atoms with Gasteiger partial charge in [-0.25, -0.2) is 13.1 Å². The zero-order valence-electron chi connectivity index (χ0n) is 13.9. The molecule has 0 amide bonds. The maximum Gasteiger partial charge on any atom is 0.241 e. The number of nitrogens with two attached hydrogens (primary N) is 1. The summed E-state index contributed by atoms with van der Waals surface area (Å²) in [5.41, 5.74) is 8.16. The molecular formula is C16H28N2O2S2. The summed E-state index contributed by atoms with van der Waals surface area (Å²) in [5, 5.41) is 0.122. The van der Waals surface area contributed by atoms with Crippen molar-refractivity contribution < 1.29 is 8.42 Å². The summed E-state index contributed by atoms with van der Waals surface area (Å²) in [4.78, 5) is 0.410. The van der Waals surface area contributed by atoms with Crippen molar-refractivity contribution in [2.24, 2.45) is 5.73 Å². The largest absolute Gasteiger partial charge is 0.330 e. The fourth-order valence-corrected chi connectivity index (χ4v) is 4.47. The third-order valence-electron chi connectivity index (χ3n) is 3.80. The second-order valence-corrected chi connectivity index (χ2v) is 8.43. The number of hydrogen-bond donors (Lipinski definition) is 3. The fraction of sp³-hybridized carbons (Fsp3) is 0.625. The highest BCUT2D eigenvalue weighted by Gasteiger charge is 2.22. The van der Waals surface area contributed by atoms with Gasteiger partial charge in [0.1, 0.15) is 0 Å². The summed E-state index contributed by atoms with van der Waals surface area (Å²) in [5.74, 6) is 0.293. The lowest BCUT2D eigenvalue weighted by Crippen LogP contribution is -2.28. The minimum absolute atomic E-state index is 0.122. The Labute approximate surface area is 140 Å². The van der Waals surface area contributed by atoms with Gasteiger partial charge in [-0.1, -0.05) is 26.0 Å². The molecule has 126 valence electrons. The fourth-order valence-electron chi connectivity index (χ4n) is 2.65. The summed E-state index contributed by atoms with van der Waals surface area (Å²) in [7, 11) is -3.50. The van der Waals surface area contributed by atoms with Crippen LogP contribution in [-0.2, 0) is 10.0 Å². The first-order valence-corrected chi connectivity index (χ1v) is 9.68. The van der Waals surface area contributed by atoms with Crippen LogP contribution >= 0.6 is 12.6 Å². The molecule has 1 atom stereocenters. The van der Waals surface area contributed by atoms with Gasteiger partial charge in [0.25, 0.3) is 0 Å². The van der Waals surface area contributed by atoms with Crippen molar-refractivity contribution in [2.75, 3.05) is 13.1 Å². The predicted octanol–water partition coefficient (Wildman–Crippen LogP) is 2.74. The highest BCUT2D eigenvalue weighted by atomic mass is 32.2. The Bertz CT molecular complexity index is 598. The molecule has 0 aromatic heterocycles. The van der Waals surface area contributed by atoms with Gasteiger partial charge in [0.2, 0.25) is 10.0 Å². The van der Waals surface area contributed by atoms with Crippen LogP contribution in [0.15, 0.2) is 17.0 Å². The van der Waals surface area contributed by atoms with Crippen LogP contribution in [0.3, 0.4) is 0 Å². The van der Waals surface area contributed by atoms with Crippen LogP contribution in [0.1, 0.15) is 49.3 Å². The number of rotatable bonds is 8. The zero-order valence-corrected chi connectivity index (χ0v) is 15.6. The third-order valence-corrected chi connectivity index (χ3v) is 6.07. The van der Waals surface area contributed by atoms with E-state index in [-0.39, 0.29) is 5.25 Å². The molecule has 0 heterocycles. The van der Waals surface area contributed by atoms with Gasteiger partial charge < -0.3 is 5.73 Å². The molecule has 0 radical (unpaired) electrons. The summed E-state index contributed by atoms with van der Waals surface area (Å²) in [6.45, 7) is 8.80. The number of thiol groups is 1. The molecule has 3 N–H and O–H groups in total. The molecule has 0 aliphatic rings. The number of aryl methyl sites for hydroxylation is 1. The van der Waals surface area contributed by atoms with Gasteiger partial charge in [0, 0.05) is 11.8 Å². The Morgan fingerprint density at radius 1 is 1.23 bits per heavy atom. The van der Waals surface area contributed by atoms with Crippen LogP contribution in [0, 0.1) is 13.8 Å². The first-order valence-electron chi connectivity index (χ1n) is 7.68. The Balaban J connectivity index is 2.96. The second kappa shape index (κ2) is 8.34. The van der Waals surface area contributed by atoms with Crippen LogP contribution in [0.4, 0.5) is 0 Å². The van der Waals surface area contributed by atoms with Crippen molar-refractivity contribution in [2.45, 2.75) is 56.6 Å². The van der Waals surface area contributed by atoms with E-state index in [0.29, 0.717) is 30.3 Å². The highest BCUT2D eigenvalue weighted by Crippen LogP contribution is 2.27. The number of sulfonamides is 1. The molecule has 0 bridgehead atoms. The highest BCUT2D eigenvalue weighted by molar-refractivity contribution is 7.89. The van der Waals surface area contributed by atoms with E-state index in [0.717, 1.165) is 23.1 Å². The van der Waals surface area contributed by atoms with Gasteiger partial charge in [-0.2, -0.15) is 12.6 Å². The summed E-state index contributed by atoms with van der Waals surface area (Å²) >= 11 is 4.40. The van der Waals surface area contributed by atoms with Crippen LogP contribution in [0.2, 0.25) is 0 Å². The predicted molar refractivity (Wildman–Crippen MR) is 96.3 cm³/mol. The summed E-state index contributed by atoms with van der Waals surface area (Å²) in [6, 6.07) is 3.89.